The third-order valence-corrected chi connectivity index (χ3v) is 2.72. The van der Waals surface area contributed by atoms with E-state index in [0.29, 0.717) is 0 Å². The van der Waals surface area contributed by atoms with Crippen molar-refractivity contribution < 1.29 is 32.2 Å². The molecule has 21 heavy (non-hydrogen) atoms. The average Bonchev–Trinajstić information content (AvgIpc) is 2.46. The molecular weight excluding hydrogens is 297 g/mol. The van der Waals surface area contributed by atoms with Gasteiger partial charge in [0.15, 0.2) is 34.8 Å². The van der Waals surface area contributed by atoms with Gasteiger partial charge in [-0.3, -0.25) is 0 Å². The molecule has 2 aromatic rings. The van der Waals surface area contributed by atoms with Gasteiger partial charge in [-0.05, 0) is 17.7 Å². The molecule has 0 atom stereocenters. The van der Waals surface area contributed by atoms with E-state index in [2.05, 4.69) is 5.32 Å². The second-order valence-electron chi connectivity index (χ2n) is 4.12. The summed E-state index contributed by atoms with van der Waals surface area (Å²) in [4.78, 5) is 0. The van der Waals surface area contributed by atoms with Crippen LogP contribution >= 0.6 is 0 Å². The first-order chi connectivity index (χ1) is 9.82. The maximum atomic E-state index is 13.4. The van der Waals surface area contributed by atoms with E-state index in [-0.39, 0.29) is 12.1 Å². The molecule has 0 aromatic heterocycles. The Morgan fingerprint density at radius 1 is 0.762 bits per heavy atom. The van der Waals surface area contributed by atoms with Gasteiger partial charge in [0, 0.05) is 6.54 Å². The zero-order chi connectivity index (χ0) is 15.7. The number of halogens is 5. The quantitative estimate of drug-likeness (QED) is 0.352. The summed E-state index contributed by atoms with van der Waals surface area (Å²) in [6.45, 7) is -0.327. The fourth-order valence-corrected chi connectivity index (χ4v) is 1.63. The van der Waals surface area contributed by atoms with Gasteiger partial charge in [-0.1, -0.05) is 6.07 Å². The van der Waals surface area contributed by atoms with Crippen LogP contribution in [0.5, 0.6) is 11.5 Å². The summed E-state index contributed by atoms with van der Waals surface area (Å²) in [6, 6.07) is 3.49. The molecular formula is C13H8F5NO2. The van der Waals surface area contributed by atoms with Crippen molar-refractivity contribution >= 4 is 5.69 Å². The van der Waals surface area contributed by atoms with Gasteiger partial charge in [0.05, 0.1) is 0 Å². The van der Waals surface area contributed by atoms with Gasteiger partial charge in [-0.2, -0.15) is 0 Å². The molecule has 0 unspecified atom stereocenters. The molecule has 0 aliphatic carbocycles. The van der Waals surface area contributed by atoms with E-state index in [4.69, 9.17) is 5.11 Å². The molecule has 0 aliphatic heterocycles. The van der Waals surface area contributed by atoms with Crippen molar-refractivity contribution in [3.63, 3.8) is 0 Å². The van der Waals surface area contributed by atoms with Crippen molar-refractivity contribution in [3.05, 3.63) is 52.8 Å². The van der Waals surface area contributed by atoms with Crippen LogP contribution in [0.4, 0.5) is 27.6 Å². The number of hydrogen-bond donors (Lipinski definition) is 3. The zero-order valence-corrected chi connectivity index (χ0v) is 10.2. The van der Waals surface area contributed by atoms with E-state index in [1.54, 1.807) is 0 Å². The van der Waals surface area contributed by atoms with Gasteiger partial charge in [0.2, 0.25) is 5.82 Å². The third-order valence-electron chi connectivity index (χ3n) is 2.72. The lowest BCUT2D eigenvalue weighted by Gasteiger charge is -2.11. The largest absolute Gasteiger partial charge is 0.504 e. The lowest BCUT2D eigenvalue weighted by Crippen LogP contribution is -2.09. The van der Waals surface area contributed by atoms with Crippen molar-refractivity contribution in [1.29, 1.82) is 0 Å². The molecule has 0 bridgehead atoms. The molecule has 0 fully saturated rings. The smallest absolute Gasteiger partial charge is 0.200 e. The maximum Gasteiger partial charge on any atom is 0.200 e. The van der Waals surface area contributed by atoms with E-state index in [0.717, 1.165) is 12.1 Å². The number of phenols is 2. The van der Waals surface area contributed by atoms with Gasteiger partial charge >= 0.3 is 0 Å². The molecule has 0 saturated carbocycles. The molecule has 0 radical (unpaired) electrons. The molecule has 112 valence electrons. The normalized spacial score (nSPS) is 10.7. The van der Waals surface area contributed by atoms with Crippen molar-refractivity contribution in [3.8, 4) is 11.5 Å². The molecule has 2 rings (SSSR count). The van der Waals surface area contributed by atoms with Gasteiger partial charge in [0.25, 0.3) is 0 Å². The lowest BCUT2D eigenvalue weighted by molar-refractivity contribution is 0.381. The second-order valence-corrected chi connectivity index (χ2v) is 4.12. The van der Waals surface area contributed by atoms with E-state index in [9.17, 15) is 27.1 Å². The van der Waals surface area contributed by atoms with E-state index < -0.39 is 46.3 Å². The standard InChI is InChI=1S/C13H8F5NO2/c14-8-9(15)11(17)13(12(18)10(8)16)19-4-5-1-2-6(20)7(21)3-5/h1-3,19-21H,4H2. The molecule has 2 aromatic carbocycles. The zero-order valence-electron chi connectivity index (χ0n) is 10.2. The number of benzene rings is 2. The topological polar surface area (TPSA) is 52.5 Å². The Hall–Kier alpha value is -2.51. The number of hydrogen-bond acceptors (Lipinski definition) is 3. The van der Waals surface area contributed by atoms with Crippen molar-refractivity contribution in [2.24, 2.45) is 0 Å². The van der Waals surface area contributed by atoms with Crippen LogP contribution < -0.4 is 5.32 Å². The first-order valence-corrected chi connectivity index (χ1v) is 5.59. The summed E-state index contributed by atoms with van der Waals surface area (Å²) in [7, 11) is 0. The minimum atomic E-state index is -2.24. The van der Waals surface area contributed by atoms with Crippen LogP contribution in [0, 0.1) is 29.1 Å². The highest BCUT2D eigenvalue weighted by Crippen LogP contribution is 2.29. The fraction of sp³-hybridized carbons (Fsp3) is 0.0769. The number of rotatable bonds is 3. The molecule has 3 nitrogen and oxygen atoms in total. The predicted molar refractivity (Wildman–Crippen MR) is 63.3 cm³/mol. The maximum absolute atomic E-state index is 13.4. The number of nitrogens with one attached hydrogen (secondary N) is 1. The Balaban J connectivity index is 2.30. The first-order valence-electron chi connectivity index (χ1n) is 5.59. The van der Waals surface area contributed by atoms with Crippen molar-refractivity contribution in [2.45, 2.75) is 6.54 Å². The van der Waals surface area contributed by atoms with Gasteiger partial charge < -0.3 is 15.5 Å². The van der Waals surface area contributed by atoms with Gasteiger partial charge in [0.1, 0.15) is 5.69 Å². The Bertz CT molecular complexity index is 676. The van der Waals surface area contributed by atoms with Crippen LogP contribution in [-0.2, 0) is 6.54 Å². The van der Waals surface area contributed by atoms with Crippen LogP contribution in [0.3, 0.4) is 0 Å². The van der Waals surface area contributed by atoms with Crippen LogP contribution in [0.1, 0.15) is 5.56 Å². The summed E-state index contributed by atoms with van der Waals surface area (Å²) in [5.74, 6) is -11.2. The lowest BCUT2D eigenvalue weighted by atomic mass is 10.2. The second kappa shape index (κ2) is 5.47. The molecule has 0 amide bonds. The van der Waals surface area contributed by atoms with Gasteiger partial charge in [-0.15, -0.1) is 0 Å². The molecule has 0 heterocycles. The first kappa shape index (κ1) is 14.9. The molecule has 0 saturated heterocycles. The monoisotopic (exact) mass is 305 g/mol. The van der Waals surface area contributed by atoms with Gasteiger partial charge in [-0.25, -0.2) is 22.0 Å². The highest BCUT2D eigenvalue weighted by molar-refractivity contribution is 5.49. The number of phenolic OH excluding ortho intramolecular Hbond substituents is 2. The molecule has 3 N–H and O–H groups in total. The minimum Gasteiger partial charge on any atom is -0.504 e. The summed E-state index contributed by atoms with van der Waals surface area (Å²) >= 11 is 0. The number of aromatic hydroxyl groups is 2. The number of anilines is 1. The fourth-order valence-electron chi connectivity index (χ4n) is 1.63. The molecule has 0 aliphatic rings. The Morgan fingerprint density at radius 2 is 1.29 bits per heavy atom. The van der Waals surface area contributed by atoms with E-state index >= 15 is 0 Å². The van der Waals surface area contributed by atoms with E-state index in [1.165, 1.54) is 6.07 Å². The van der Waals surface area contributed by atoms with Crippen molar-refractivity contribution in [2.75, 3.05) is 5.32 Å². The summed E-state index contributed by atoms with van der Waals surface area (Å²) in [5.41, 5.74) is -0.909. The summed E-state index contributed by atoms with van der Waals surface area (Å²) in [5, 5.41) is 20.4. The Morgan fingerprint density at radius 3 is 1.81 bits per heavy atom. The predicted octanol–water partition coefficient (Wildman–Crippen LogP) is 3.41. The average molecular weight is 305 g/mol. The minimum absolute atomic E-state index is 0.259. The summed E-state index contributed by atoms with van der Waals surface area (Å²) < 4.78 is 65.5. The summed E-state index contributed by atoms with van der Waals surface area (Å²) in [6.07, 6.45) is 0. The van der Waals surface area contributed by atoms with Crippen LogP contribution in [-0.4, -0.2) is 10.2 Å². The van der Waals surface area contributed by atoms with E-state index in [1.807, 2.05) is 0 Å². The molecule has 0 spiro atoms. The van der Waals surface area contributed by atoms with Crippen molar-refractivity contribution in [1.82, 2.24) is 0 Å². The third kappa shape index (κ3) is 2.69. The highest BCUT2D eigenvalue weighted by Gasteiger charge is 2.25. The van der Waals surface area contributed by atoms with Crippen LogP contribution in [0.2, 0.25) is 0 Å². The Kier molecular flexibility index (Phi) is 3.88. The SMILES string of the molecule is Oc1ccc(CNc2c(F)c(F)c(F)c(F)c2F)cc1O. The van der Waals surface area contributed by atoms with Crippen LogP contribution in [0.15, 0.2) is 18.2 Å². The van der Waals surface area contributed by atoms with Crippen LogP contribution in [0.25, 0.3) is 0 Å². The highest BCUT2D eigenvalue weighted by atomic mass is 19.2. The Labute approximate surface area is 115 Å². The molecule has 8 heteroatoms.